The van der Waals surface area contributed by atoms with E-state index in [-0.39, 0.29) is 54.2 Å². The van der Waals surface area contributed by atoms with Gasteiger partial charge in [0.1, 0.15) is 17.4 Å². The number of aliphatic hydroxyl groups is 1. The highest BCUT2D eigenvalue weighted by Gasteiger charge is 2.40. The molecule has 2 unspecified atom stereocenters. The predicted octanol–water partition coefficient (Wildman–Crippen LogP) is 4.76. The van der Waals surface area contributed by atoms with Crippen LogP contribution in [0.15, 0.2) is 58.8 Å². The second-order valence-corrected chi connectivity index (χ2v) is 19.1. The van der Waals surface area contributed by atoms with Gasteiger partial charge in [-0.15, -0.1) is 11.3 Å². The Balaban J connectivity index is 1.41. The number of ether oxygens (including phenoxy) is 1. The van der Waals surface area contributed by atoms with Crippen molar-refractivity contribution in [3.8, 4) is 5.75 Å². The normalized spacial score (nSPS) is 15.4. The summed E-state index contributed by atoms with van der Waals surface area (Å²) in [5, 5.41) is 32.7. The zero-order chi connectivity index (χ0) is 43.5. The molecule has 0 bridgehead atoms. The summed E-state index contributed by atoms with van der Waals surface area (Å²) in [7, 11) is -4.16. The van der Waals surface area contributed by atoms with E-state index in [1.807, 2.05) is 56.5 Å². The molecule has 18 heteroatoms. The molecule has 324 valence electrons. The van der Waals surface area contributed by atoms with Crippen LogP contribution in [0, 0.1) is 18.8 Å². The summed E-state index contributed by atoms with van der Waals surface area (Å²) in [5.74, 6) is -1.98. The van der Waals surface area contributed by atoms with Crippen LogP contribution in [0.2, 0.25) is 0 Å². The fourth-order valence-corrected chi connectivity index (χ4v) is 8.46. The lowest BCUT2D eigenvalue weighted by Crippen LogP contribution is -2.55. The number of aromatic nitrogens is 1. The Bertz CT molecular complexity index is 2000. The minimum absolute atomic E-state index is 0.0535. The Kier molecular flexibility index (Phi) is 16.7. The number of anilines is 1. The van der Waals surface area contributed by atoms with E-state index in [1.54, 1.807) is 37.5 Å². The molecule has 1 aromatic heterocycles. The molecule has 1 aliphatic heterocycles. The van der Waals surface area contributed by atoms with Crippen molar-refractivity contribution in [1.82, 2.24) is 30.1 Å². The Morgan fingerprint density at radius 2 is 1.76 bits per heavy atom. The van der Waals surface area contributed by atoms with Gasteiger partial charge in [0.25, 0.3) is 0 Å². The van der Waals surface area contributed by atoms with Crippen LogP contribution in [0.25, 0.3) is 0 Å². The maximum Gasteiger partial charge on any atom is 0.407 e. The number of sulfonamides is 1. The van der Waals surface area contributed by atoms with E-state index in [1.165, 1.54) is 17.4 Å². The van der Waals surface area contributed by atoms with Crippen LogP contribution >= 0.6 is 11.3 Å². The maximum atomic E-state index is 14.1. The number of aryl methyl sites for hydroxylation is 2. The molecule has 4 rings (SSSR count). The second-order valence-electron chi connectivity index (χ2n) is 16.2. The van der Waals surface area contributed by atoms with Crippen molar-refractivity contribution < 1.29 is 42.5 Å². The van der Waals surface area contributed by atoms with Gasteiger partial charge in [0, 0.05) is 38.0 Å². The van der Waals surface area contributed by atoms with E-state index >= 15 is 0 Å². The van der Waals surface area contributed by atoms with Crippen molar-refractivity contribution in [3.05, 3.63) is 70.2 Å². The minimum Gasteiger partial charge on any atom is -0.506 e. The number of phenols is 1. The van der Waals surface area contributed by atoms with Crippen molar-refractivity contribution in [2.75, 3.05) is 31.5 Å². The number of nitrogens with one attached hydrogen (secondary N) is 4. The lowest BCUT2D eigenvalue weighted by molar-refractivity contribution is -0.128. The third-order valence-corrected chi connectivity index (χ3v) is 11.8. The fourth-order valence-electron chi connectivity index (χ4n) is 6.67. The number of hydrogen-bond donors (Lipinski definition) is 6. The first-order valence-electron chi connectivity index (χ1n) is 19.8. The van der Waals surface area contributed by atoms with Crippen molar-refractivity contribution >= 4 is 51.0 Å². The summed E-state index contributed by atoms with van der Waals surface area (Å²) in [6.07, 6.45) is -0.793. The quantitative estimate of drug-likeness (QED) is 0.0857. The van der Waals surface area contributed by atoms with Gasteiger partial charge in [-0.05, 0) is 82.6 Å². The molecule has 0 saturated carbocycles. The van der Waals surface area contributed by atoms with E-state index in [9.17, 15) is 37.8 Å². The molecule has 2 aromatic carbocycles. The highest BCUT2D eigenvalue weighted by molar-refractivity contribution is 7.89. The number of alkyl carbamates (subject to hydrolysis) is 1. The van der Waals surface area contributed by atoms with Gasteiger partial charge >= 0.3 is 12.1 Å². The molecule has 59 heavy (non-hydrogen) atoms. The Hall–Kier alpha value is -4.78. The first-order chi connectivity index (χ1) is 27.7. The van der Waals surface area contributed by atoms with Gasteiger partial charge in [-0.3, -0.25) is 9.59 Å². The zero-order valence-electron chi connectivity index (χ0n) is 34.9. The molecule has 5 amide bonds. The van der Waals surface area contributed by atoms with Gasteiger partial charge in [0.15, 0.2) is 0 Å². The zero-order valence-corrected chi connectivity index (χ0v) is 36.5. The van der Waals surface area contributed by atoms with Crippen LogP contribution in [0.4, 0.5) is 15.3 Å². The number of rotatable bonds is 20. The number of aromatic hydroxyl groups is 1. The predicted molar refractivity (Wildman–Crippen MR) is 225 cm³/mol. The lowest BCUT2D eigenvalue weighted by atomic mass is 9.93. The highest BCUT2D eigenvalue weighted by atomic mass is 32.2. The van der Waals surface area contributed by atoms with Crippen molar-refractivity contribution in [3.63, 3.8) is 0 Å². The smallest absolute Gasteiger partial charge is 0.407 e. The number of amides is 5. The molecule has 16 nitrogen and oxygen atoms in total. The molecule has 1 aliphatic rings. The van der Waals surface area contributed by atoms with E-state index in [0.29, 0.717) is 32.5 Å². The van der Waals surface area contributed by atoms with Crippen LogP contribution in [0.1, 0.15) is 77.1 Å². The molecule has 0 radical (unpaired) electrons. The number of hydrogen-bond acceptors (Lipinski definition) is 11. The van der Waals surface area contributed by atoms with Gasteiger partial charge < -0.3 is 40.7 Å². The van der Waals surface area contributed by atoms with Crippen molar-refractivity contribution in [2.45, 2.75) is 109 Å². The topological polar surface area (TPSA) is 220 Å². The van der Waals surface area contributed by atoms with E-state index in [2.05, 4.69) is 25.7 Å². The van der Waals surface area contributed by atoms with Crippen LogP contribution < -0.4 is 20.7 Å². The number of thiazole rings is 1. The molecule has 0 spiro atoms. The minimum atomic E-state index is -4.16. The number of aliphatic hydroxyl groups excluding tert-OH is 1. The molecule has 0 aliphatic carbocycles. The number of nitrogens with zero attached hydrogens (tertiary/aromatic N) is 3. The summed E-state index contributed by atoms with van der Waals surface area (Å²) in [6, 6.07) is 11.2. The van der Waals surface area contributed by atoms with Crippen molar-refractivity contribution in [2.24, 2.45) is 11.8 Å². The van der Waals surface area contributed by atoms with E-state index in [0.717, 1.165) is 28.4 Å². The van der Waals surface area contributed by atoms with E-state index < -0.39 is 57.6 Å². The van der Waals surface area contributed by atoms with Crippen LogP contribution in [0.3, 0.4) is 0 Å². The maximum absolute atomic E-state index is 14.1. The van der Waals surface area contributed by atoms with Crippen LogP contribution in [-0.2, 0) is 37.3 Å². The summed E-state index contributed by atoms with van der Waals surface area (Å²) in [5.41, 5.74) is 0.955. The third kappa shape index (κ3) is 14.5. The van der Waals surface area contributed by atoms with E-state index in [4.69, 9.17) is 4.74 Å². The van der Waals surface area contributed by atoms with Gasteiger partial charge in [0.2, 0.25) is 21.8 Å². The average Bonchev–Trinajstić information content (AvgIpc) is 3.73. The Morgan fingerprint density at radius 1 is 1.05 bits per heavy atom. The number of urea groups is 1. The van der Waals surface area contributed by atoms with Gasteiger partial charge in [-0.1, -0.05) is 51.1 Å². The van der Waals surface area contributed by atoms with Crippen LogP contribution in [-0.4, -0.2) is 107 Å². The molecule has 1 saturated heterocycles. The summed E-state index contributed by atoms with van der Waals surface area (Å²) in [6.45, 7) is 13.6. The Morgan fingerprint density at radius 3 is 2.41 bits per heavy atom. The molecular weight excluding hydrogens is 799 g/mol. The van der Waals surface area contributed by atoms with Gasteiger partial charge in [0.05, 0.1) is 40.0 Å². The lowest BCUT2D eigenvalue weighted by Gasteiger charge is -2.33. The highest BCUT2D eigenvalue weighted by Crippen LogP contribution is 2.27. The first kappa shape index (κ1) is 46.9. The summed E-state index contributed by atoms with van der Waals surface area (Å²) in [4.78, 5) is 59.7. The first-order valence-corrected chi connectivity index (χ1v) is 22.2. The number of benzene rings is 2. The fraction of sp³-hybridized carbons (Fsp3) is 0.537. The average molecular weight is 858 g/mol. The molecule has 3 aromatic rings. The van der Waals surface area contributed by atoms with Crippen LogP contribution in [0.5, 0.6) is 5.75 Å². The second kappa shape index (κ2) is 21.0. The van der Waals surface area contributed by atoms with Crippen molar-refractivity contribution in [1.29, 1.82) is 0 Å². The molecule has 6 N–H and O–H groups in total. The Labute approximate surface area is 351 Å². The number of carbonyl (C=O) groups excluding carboxylic acids is 4. The monoisotopic (exact) mass is 857 g/mol. The summed E-state index contributed by atoms with van der Waals surface area (Å²) >= 11 is 1.51. The van der Waals surface area contributed by atoms with Gasteiger partial charge in [-0.25, -0.2) is 27.7 Å². The standard InChI is InChI=1S/C41H59N7O9S2/c1-26(2)37(48-20-19-47(40(48)54)24-30-25-58-28(4)44-30)38(52)46-32(34(49)15-13-29-11-9-8-10-12-29)21-27(3)23-43-59(55,56)31-14-16-35(50)33(22-31)45-36(51)17-18-42-39(53)57-41(5,6)7/h8-12,14,16,22,25-27,32,34,37,43,49-50H,13,15,17-21,23-24H2,1-7H3,(H,42,53)(H,45,51)(H,46,52)/t27?,32?,34-,37+/m1/s1. The SMILES string of the molecule is Cc1nc(CN2CCN([C@H](C(=O)NC(CC(C)CNS(=O)(=O)c3ccc(O)c(NC(=O)CCNC(=O)OC(C)(C)C)c3)[C@H](O)CCc3ccccc3)C(C)C)C2=O)cs1. The molecule has 4 atom stereocenters. The largest absolute Gasteiger partial charge is 0.506 e. The molecular formula is C41H59N7O9S2. The molecule has 2 heterocycles. The third-order valence-electron chi connectivity index (χ3n) is 9.60. The number of phenolic OH excluding ortho intramolecular Hbond substituents is 1. The van der Waals surface area contributed by atoms with Gasteiger partial charge in [-0.2, -0.15) is 0 Å². The summed E-state index contributed by atoms with van der Waals surface area (Å²) < 4.78 is 34.6. The molecule has 1 fully saturated rings. The number of carbonyl (C=O) groups is 4.